The fourth-order valence-corrected chi connectivity index (χ4v) is 4.40. The van der Waals surface area contributed by atoms with Gasteiger partial charge in [-0.15, -0.1) is 0 Å². The molecule has 1 N–H and O–H groups in total. The summed E-state index contributed by atoms with van der Waals surface area (Å²) in [5, 5.41) is 2.85. The number of nitrogens with one attached hydrogen (secondary N) is 1. The van der Waals surface area contributed by atoms with Crippen molar-refractivity contribution in [2.24, 2.45) is 0 Å². The van der Waals surface area contributed by atoms with Crippen LogP contribution in [0.2, 0.25) is 18.1 Å². The Labute approximate surface area is 165 Å². The van der Waals surface area contributed by atoms with E-state index in [1.807, 2.05) is 20.8 Å². The second-order valence-corrected chi connectivity index (χ2v) is 14.6. The lowest BCUT2D eigenvalue weighted by Gasteiger charge is -2.49. The molecular formula is C19H38N2O5Si. The lowest BCUT2D eigenvalue weighted by Crippen LogP contribution is -2.59. The van der Waals surface area contributed by atoms with E-state index in [9.17, 15) is 9.59 Å². The summed E-state index contributed by atoms with van der Waals surface area (Å²) in [6.07, 6.45) is 0.512. The van der Waals surface area contributed by atoms with Gasteiger partial charge in [-0.25, -0.2) is 9.59 Å². The van der Waals surface area contributed by atoms with E-state index in [4.69, 9.17) is 13.9 Å². The number of nitrogens with zero attached hydrogens (tertiary/aromatic N) is 1. The molecule has 1 heterocycles. The van der Waals surface area contributed by atoms with Crippen LogP contribution in [0.5, 0.6) is 0 Å². The molecule has 1 rings (SSSR count). The van der Waals surface area contributed by atoms with Gasteiger partial charge in [-0.2, -0.15) is 0 Å². The molecule has 7 nitrogen and oxygen atoms in total. The third-order valence-electron chi connectivity index (χ3n) is 5.34. The SMILES string of the molecule is COC(=O)NCC1(O[Si](C)(C)C(C)(C)C)CCN(C(=O)OC(C)(C)C)CC1. The summed E-state index contributed by atoms with van der Waals surface area (Å²) in [5.74, 6) is 0. The van der Waals surface area contributed by atoms with Crippen molar-refractivity contribution in [3.8, 4) is 0 Å². The zero-order valence-corrected chi connectivity index (χ0v) is 19.5. The average Bonchev–Trinajstić information content (AvgIpc) is 2.50. The molecule has 0 unspecified atom stereocenters. The van der Waals surface area contributed by atoms with Crippen LogP contribution < -0.4 is 5.32 Å². The lowest BCUT2D eigenvalue weighted by atomic mass is 9.91. The summed E-state index contributed by atoms with van der Waals surface area (Å²) in [6.45, 7) is 18.0. The number of amides is 2. The van der Waals surface area contributed by atoms with Crippen LogP contribution in [-0.2, 0) is 13.9 Å². The van der Waals surface area contributed by atoms with Crippen molar-refractivity contribution in [1.29, 1.82) is 0 Å². The summed E-state index contributed by atoms with van der Waals surface area (Å²) in [7, 11) is -0.712. The highest BCUT2D eigenvalue weighted by atomic mass is 28.4. The molecule has 2 amide bonds. The van der Waals surface area contributed by atoms with E-state index >= 15 is 0 Å². The quantitative estimate of drug-likeness (QED) is 0.715. The van der Waals surface area contributed by atoms with Crippen molar-refractivity contribution in [2.45, 2.75) is 83.7 Å². The number of carbonyl (C=O) groups excluding carboxylic acids is 2. The first-order chi connectivity index (χ1) is 12.1. The van der Waals surface area contributed by atoms with E-state index in [0.717, 1.165) is 0 Å². The predicted octanol–water partition coefficient (Wildman–Crippen LogP) is 4.13. The van der Waals surface area contributed by atoms with Gasteiger partial charge in [-0.05, 0) is 51.7 Å². The zero-order valence-electron chi connectivity index (χ0n) is 18.5. The van der Waals surface area contributed by atoms with E-state index in [-0.39, 0.29) is 11.1 Å². The van der Waals surface area contributed by atoms with Crippen molar-refractivity contribution in [3.63, 3.8) is 0 Å². The molecule has 1 fully saturated rings. The Morgan fingerprint density at radius 1 is 1.07 bits per heavy atom. The Bertz CT molecular complexity index is 529. The highest BCUT2D eigenvalue weighted by Gasteiger charge is 2.47. The number of piperidine rings is 1. The van der Waals surface area contributed by atoms with Crippen LogP contribution >= 0.6 is 0 Å². The number of carbonyl (C=O) groups is 2. The topological polar surface area (TPSA) is 77.1 Å². The highest BCUT2D eigenvalue weighted by molar-refractivity contribution is 6.74. The number of hydrogen-bond donors (Lipinski definition) is 1. The first-order valence-electron chi connectivity index (χ1n) is 9.61. The molecule has 1 aliphatic heterocycles. The minimum Gasteiger partial charge on any atom is -0.453 e. The molecule has 0 aliphatic carbocycles. The van der Waals surface area contributed by atoms with Crippen LogP contribution in [0, 0.1) is 0 Å². The Morgan fingerprint density at radius 3 is 2.00 bits per heavy atom. The van der Waals surface area contributed by atoms with E-state index in [1.165, 1.54) is 7.11 Å². The van der Waals surface area contributed by atoms with Gasteiger partial charge in [0.05, 0.1) is 12.7 Å². The Kier molecular flexibility index (Phi) is 7.38. The maximum Gasteiger partial charge on any atom is 0.410 e. The molecule has 0 aromatic carbocycles. The van der Waals surface area contributed by atoms with Crippen LogP contribution in [0.3, 0.4) is 0 Å². The van der Waals surface area contributed by atoms with Crippen molar-refractivity contribution >= 4 is 20.5 Å². The lowest BCUT2D eigenvalue weighted by molar-refractivity contribution is -0.0233. The van der Waals surface area contributed by atoms with Crippen LogP contribution in [-0.4, -0.2) is 63.3 Å². The molecule has 27 heavy (non-hydrogen) atoms. The van der Waals surface area contributed by atoms with E-state index in [2.05, 4.69) is 39.2 Å². The molecule has 8 heteroatoms. The minimum atomic E-state index is -2.06. The molecule has 0 spiro atoms. The first kappa shape index (κ1) is 23.8. The zero-order chi connectivity index (χ0) is 21.1. The van der Waals surface area contributed by atoms with Crippen LogP contribution in [0.1, 0.15) is 54.4 Å². The van der Waals surface area contributed by atoms with Crippen molar-refractivity contribution in [3.05, 3.63) is 0 Å². The van der Waals surface area contributed by atoms with Crippen molar-refractivity contribution < 1.29 is 23.5 Å². The van der Waals surface area contributed by atoms with Gasteiger partial charge in [0.2, 0.25) is 0 Å². The molecule has 1 saturated heterocycles. The van der Waals surface area contributed by atoms with Gasteiger partial charge in [-0.1, -0.05) is 20.8 Å². The smallest absolute Gasteiger partial charge is 0.410 e. The van der Waals surface area contributed by atoms with Gasteiger partial charge in [0, 0.05) is 19.6 Å². The number of hydrogen-bond acceptors (Lipinski definition) is 5. The summed E-state index contributed by atoms with van der Waals surface area (Å²) in [6, 6.07) is 0. The molecule has 0 aromatic rings. The molecule has 158 valence electrons. The van der Waals surface area contributed by atoms with Gasteiger partial charge in [0.1, 0.15) is 5.60 Å². The molecule has 0 saturated carbocycles. The summed E-state index contributed by atoms with van der Waals surface area (Å²) >= 11 is 0. The Balaban J connectivity index is 2.90. The van der Waals surface area contributed by atoms with E-state index < -0.39 is 25.6 Å². The maximum atomic E-state index is 12.4. The number of likely N-dealkylation sites (tertiary alicyclic amines) is 1. The molecule has 0 aromatic heterocycles. The second-order valence-electron chi connectivity index (χ2n) is 9.86. The largest absolute Gasteiger partial charge is 0.453 e. The average molecular weight is 403 g/mol. The fraction of sp³-hybridized carbons (Fsp3) is 0.895. The van der Waals surface area contributed by atoms with Gasteiger partial charge in [0.15, 0.2) is 8.32 Å². The summed E-state index contributed by atoms with van der Waals surface area (Å²) in [5.41, 5.74) is -1.02. The van der Waals surface area contributed by atoms with Crippen molar-refractivity contribution in [1.82, 2.24) is 10.2 Å². The van der Waals surface area contributed by atoms with Gasteiger partial charge in [-0.3, -0.25) is 0 Å². The molecule has 1 aliphatic rings. The van der Waals surface area contributed by atoms with E-state index in [0.29, 0.717) is 32.5 Å². The Morgan fingerprint density at radius 2 is 1.59 bits per heavy atom. The molecular weight excluding hydrogens is 364 g/mol. The highest BCUT2D eigenvalue weighted by Crippen LogP contribution is 2.41. The minimum absolute atomic E-state index is 0.0492. The number of ether oxygens (including phenoxy) is 2. The maximum absolute atomic E-state index is 12.4. The number of methoxy groups -OCH3 is 1. The van der Waals surface area contributed by atoms with Crippen LogP contribution in [0.15, 0.2) is 0 Å². The second kappa shape index (κ2) is 8.39. The molecule has 0 radical (unpaired) electrons. The first-order valence-corrected chi connectivity index (χ1v) is 12.5. The number of alkyl carbamates (subject to hydrolysis) is 1. The third-order valence-corrected chi connectivity index (χ3v) is 9.90. The Hall–Kier alpha value is -1.28. The predicted molar refractivity (Wildman–Crippen MR) is 108 cm³/mol. The third kappa shape index (κ3) is 6.99. The van der Waals surface area contributed by atoms with Crippen molar-refractivity contribution in [2.75, 3.05) is 26.7 Å². The normalized spacial score (nSPS) is 18.0. The summed E-state index contributed by atoms with van der Waals surface area (Å²) in [4.78, 5) is 25.7. The standard InChI is InChI=1S/C19H38N2O5Si/c1-17(2,3)25-16(23)21-12-10-19(11-13-21,14-20-15(22)24-7)26-27(8,9)18(4,5)6/h10-14H2,1-9H3,(H,20,22). The molecule has 0 atom stereocenters. The van der Waals surface area contributed by atoms with Gasteiger partial charge in [0.25, 0.3) is 0 Å². The van der Waals surface area contributed by atoms with Gasteiger partial charge < -0.3 is 24.1 Å². The number of rotatable bonds is 4. The fourth-order valence-electron chi connectivity index (χ4n) is 2.74. The summed E-state index contributed by atoms with van der Waals surface area (Å²) < 4.78 is 16.9. The van der Waals surface area contributed by atoms with Crippen LogP contribution in [0.25, 0.3) is 0 Å². The van der Waals surface area contributed by atoms with Gasteiger partial charge >= 0.3 is 12.2 Å². The molecule has 0 bridgehead atoms. The van der Waals surface area contributed by atoms with E-state index in [1.54, 1.807) is 4.90 Å². The van der Waals surface area contributed by atoms with Crippen LogP contribution in [0.4, 0.5) is 9.59 Å². The monoisotopic (exact) mass is 402 g/mol.